The van der Waals surface area contributed by atoms with Crippen LogP contribution in [-0.4, -0.2) is 56.7 Å². The number of hydrogen-bond acceptors (Lipinski definition) is 5. The molecule has 1 aliphatic heterocycles. The number of piperazine rings is 1. The number of furan rings is 1. The summed E-state index contributed by atoms with van der Waals surface area (Å²) in [6.45, 7) is 4.52. The van der Waals surface area contributed by atoms with Crippen LogP contribution in [0.2, 0.25) is 0 Å². The molecule has 0 atom stereocenters. The molecule has 0 aliphatic carbocycles. The van der Waals surface area contributed by atoms with Crippen LogP contribution in [0.5, 0.6) is 0 Å². The first kappa shape index (κ1) is 23.1. The lowest BCUT2D eigenvalue weighted by molar-refractivity contribution is -0.137. The maximum Gasteiger partial charge on any atom is 0.416 e. The number of benzene rings is 1. The fourth-order valence-corrected chi connectivity index (χ4v) is 4.52. The summed E-state index contributed by atoms with van der Waals surface area (Å²) in [5, 5.41) is 5.40. The molecular weight excluding hydrogens is 459 g/mol. The van der Waals surface area contributed by atoms with Crippen LogP contribution in [0.1, 0.15) is 16.8 Å². The van der Waals surface area contributed by atoms with Crippen molar-refractivity contribution in [2.24, 2.45) is 0 Å². The molecule has 1 saturated heterocycles. The summed E-state index contributed by atoms with van der Waals surface area (Å²) in [6.07, 6.45) is -1.07. The van der Waals surface area contributed by atoms with Gasteiger partial charge in [-0.15, -0.1) is 0 Å². The highest BCUT2D eigenvalue weighted by Crippen LogP contribution is 2.31. The minimum atomic E-state index is -4.36. The minimum absolute atomic E-state index is 0.0621. The number of alkyl halides is 3. The number of fused-ring (bicyclic) bond motifs is 1. The fourth-order valence-electron chi connectivity index (χ4n) is 4.52. The number of nitrogens with zero attached hydrogens (tertiary/aromatic N) is 5. The van der Waals surface area contributed by atoms with Crippen LogP contribution in [0.15, 0.2) is 59.3 Å². The van der Waals surface area contributed by atoms with E-state index in [1.807, 2.05) is 25.1 Å². The van der Waals surface area contributed by atoms with Crippen molar-refractivity contribution in [3.63, 3.8) is 0 Å². The van der Waals surface area contributed by atoms with Crippen LogP contribution < -0.4 is 0 Å². The van der Waals surface area contributed by atoms with E-state index < -0.39 is 11.7 Å². The molecule has 1 aliphatic rings. The Balaban J connectivity index is 1.24. The molecular formula is C25H24F3N5O2. The van der Waals surface area contributed by atoms with Crippen molar-refractivity contribution in [3.8, 4) is 11.3 Å². The maximum atomic E-state index is 13.0. The largest absolute Gasteiger partial charge is 0.464 e. The Morgan fingerprint density at radius 1 is 1.09 bits per heavy atom. The van der Waals surface area contributed by atoms with Crippen LogP contribution in [0, 0.1) is 6.92 Å². The van der Waals surface area contributed by atoms with Crippen molar-refractivity contribution in [3.05, 3.63) is 71.7 Å². The molecule has 0 spiro atoms. The number of hydrogen-bond donors (Lipinski definition) is 0. The zero-order chi connectivity index (χ0) is 24.6. The smallest absolute Gasteiger partial charge is 0.416 e. The Labute approximate surface area is 199 Å². The molecule has 10 heteroatoms. The molecule has 1 fully saturated rings. The third-order valence-electron chi connectivity index (χ3n) is 6.27. The number of amides is 1. The first-order valence-corrected chi connectivity index (χ1v) is 11.3. The number of carbonyl (C=O) groups excluding carboxylic acids is 1. The molecule has 0 radical (unpaired) electrons. The Kier molecular flexibility index (Phi) is 6.06. The number of halogens is 3. The summed E-state index contributed by atoms with van der Waals surface area (Å²) in [7, 11) is 0. The molecule has 5 rings (SSSR count). The molecule has 1 aromatic carbocycles. The molecule has 0 N–H and O–H groups in total. The second-order valence-corrected chi connectivity index (χ2v) is 8.63. The number of aromatic nitrogens is 3. The number of pyridine rings is 1. The standard InChI is InChI=1S/C25H24F3N5O2/c1-17-23-20(21-6-3-13-35-21)7-8-29-24(23)33(30-17)16-22(34)32-11-9-31(10-12-32)15-18-4-2-5-19(14-18)25(26,27)28/h2-8,13-14H,9-12,15-16H2,1H3. The summed E-state index contributed by atoms with van der Waals surface area (Å²) >= 11 is 0. The van der Waals surface area contributed by atoms with E-state index in [1.165, 1.54) is 12.1 Å². The molecule has 182 valence electrons. The molecule has 1 amide bonds. The topological polar surface area (TPSA) is 67.4 Å². The second kappa shape index (κ2) is 9.18. The van der Waals surface area contributed by atoms with Crippen molar-refractivity contribution in [2.75, 3.05) is 26.2 Å². The van der Waals surface area contributed by atoms with Crippen molar-refractivity contribution < 1.29 is 22.4 Å². The molecule has 0 saturated carbocycles. The fraction of sp³-hybridized carbons (Fsp3) is 0.320. The van der Waals surface area contributed by atoms with E-state index in [9.17, 15) is 18.0 Å². The third-order valence-corrected chi connectivity index (χ3v) is 6.27. The van der Waals surface area contributed by atoms with E-state index in [1.54, 1.807) is 28.1 Å². The molecule has 0 unspecified atom stereocenters. The number of aryl methyl sites for hydroxylation is 1. The average molecular weight is 483 g/mol. The van der Waals surface area contributed by atoms with E-state index in [0.717, 1.165) is 22.7 Å². The van der Waals surface area contributed by atoms with Crippen LogP contribution in [0.3, 0.4) is 0 Å². The van der Waals surface area contributed by atoms with Gasteiger partial charge in [0.1, 0.15) is 12.3 Å². The van der Waals surface area contributed by atoms with Gasteiger partial charge in [-0.2, -0.15) is 18.3 Å². The highest BCUT2D eigenvalue weighted by molar-refractivity contribution is 5.93. The monoisotopic (exact) mass is 483 g/mol. The quantitative estimate of drug-likeness (QED) is 0.422. The molecule has 4 aromatic rings. The summed E-state index contributed by atoms with van der Waals surface area (Å²) in [6, 6.07) is 10.9. The van der Waals surface area contributed by atoms with Gasteiger partial charge in [0.2, 0.25) is 5.91 Å². The SMILES string of the molecule is Cc1nn(CC(=O)N2CCN(Cc3cccc(C(F)(F)F)c3)CC2)c2nccc(-c3ccco3)c12. The Morgan fingerprint density at radius 3 is 2.60 bits per heavy atom. The van der Waals surface area contributed by atoms with Crippen LogP contribution in [-0.2, 0) is 24.1 Å². The van der Waals surface area contributed by atoms with E-state index in [4.69, 9.17) is 4.42 Å². The highest BCUT2D eigenvalue weighted by atomic mass is 19.4. The molecule has 0 bridgehead atoms. The second-order valence-electron chi connectivity index (χ2n) is 8.63. The van der Waals surface area contributed by atoms with Gasteiger partial charge < -0.3 is 9.32 Å². The third kappa shape index (κ3) is 4.79. The van der Waals surface area contributed by atoms with Crippen molar-refractivity contribution in [2.45, 2.75) is 26.2 Å². The van der Waals surface area contributed by atoms with Gasteiger partial charge in [0.05, 0.1) is 22.9 Å². The normalized spacial score (nSPS) is 15.1. The van der Waals surface area contributed by atoms with Gasteiger partial charge in [-0.3, -0.25) is 9.69 Å². The first-order valence-electron chi connectivity index (χ1n) is 11.3. The number of rotatable bonds is 5. The van der Waals surface area contributed by atoms with Gasteiger partial charge >= 0.3 is 6.18 Å². The van der Waals surface area contributed by atoms with Gasteiger partial charge in [-0.1, -0.05) is 18.2 Å². The summed E-state index contributed by atoms with van der Waals surface area (Å²) in [5.41, 5.74) is 2.22. The average Bonchev–Trinajstić information content (AvgIpc) is 3.48. The predicted octanol–water partition coefficient (Wildman–Crippen LogP) is 4.36. The van der Waals surface area contributed by atoms with Gasteiger partial charge in [0.25, 0.3) is 0 Å². The zero-order valence-corrected chi connectivity index (χ0v) is 19.1. The minimum Gasteiger partial charge on any atom is -0.464 e. The van der Waals surface area contributed by atoms with Gasteiger partial charge in [-0.05, 0) is 36.8 Å². The molecule has 7 nitrogen and oxygen atoms in total. The summed E-state index contributed by atoms with van der Waals surface area (Å²) in [5.74, 6) is 0.640. The van der Waals surface area contributed by atoms with Crippen LogP contribution in [0.4, 0.5) is 13.2 Å². The van der Waals surface area contributed by atoms with E-state index in [-0.39, 0.29) is 12.5 Å². The first-order chi connectivity index (χ1) is 16.8. The number of carbonyl (C=O) groups is 1. The van der Waals surface area contributed by atoms with Gasteiger partial charge in [0.15, 0.2) is 5.65 Å². The van der Waals surface area contributed by atoms with E-state index >= 15 is 0 Å². The van der Waals surface area contributed by atoms with Crippen molar-refractivity contribution in [1.29, 1.82) is 0 Å². The summed E-state index contributed by atoms with van der Waals surface area (Å²) < 4.78 is 46.1. The lowest BCUT2D eigenvalue weighted by Gasteiger charge is -2.34. The molecule has 4 heterocycles. The highest BCUT2D eigenvalue weighted by Gasteiger charge is 2.30. The van der Waals surface area contributed by atoms with E-state index in [0.29, 0.717) is 49.7 Å². The lowest BCUT2D eigenvalue weighted by Crippen LogP contribution is -2.49. The predicted molar refractivity (Wildman–Crippen MR) is 123 cm³/mol. The van der Waals surface area contributed by atoms with Gasteiger partial charge in [0, 0.05) is 44.5 Å². The van der Waals surface area contributed by atoms with E-state index in [2.05, 4.69) is 15.0 Å². The van der Waals surface area contributed by atoms with Crippen molar-refractivity contribution >= 4 is 16.9 Å². The lowest BCUT2D eigenvalue weighted by atomic mass is 10.1. The van der Waals surface area contributed by atoms with Crippen LogP contribution in [0.25, 0.3) is 22.4 Å². The Bertz CT molecular complexity index is 1340. The Hall–Kier alpha value is -3.66. The Morgan fingerprint density at radius 2 is 1.89 bits per heavy atom. The molecule has 3 aromatic heterocycles. The van der Waals surface area contributed by atoms with Gasteiger partial charge in [-0.25, -0.2) is 9.67 Å². The van der Waals surface area contributed by atoms with Crippen molar-refractivity contribution in [1.82, 2.24) is 24.6 Å². The maximum absolute atomic E-state index is 13.0. The summed E-state index contributed by atoms with van der Waals surface area (Å²) in [4.78, 5) is 21.3. The molecule has 35 heavy (non-hydrogen) atoms. The van der Waals surface area contributed by atoms with Crippen LogP contribution >= 0.6 is 0 Å². The zero-order valence-electron chi connectivity index (χ0n) is 19.1.